The maximum Gasteiger partial charge on any atom is 0.416 e. The van der Waals surface area contributed by atoms with Crippen molar-refractivity contribution in [2.24, 2.45) is 0 Å². The second kappa shape index (κ2) is 7.66. The molecular formula is C21H8BrF6NO3. The zero-order chi connectivity index (χ0) is 23.4. The minimum atomic E-state index is -5.02. The standard InChI is InChI=1S/C21H8BrF6NO3/c22-10-7-13(23)17(29-19(30)11-3-1-2-4-12(11)20(29)31)16(8-10)32-18-14(24)5-9(6-15(18)25)21(26,27)28/h1-8H. The Bertz CT molecular complexity index is 1230. The molecule has 1 aliphatic heterocycles. The number of ether oxygens (including phenoxy) is 1. The van der Waals surface area contributed by atoms with Gasteiger partial charge in [-0.25, -0.2) is 18.1 Å². The monoisotopic (exact) mass is 515 g/mol. The summed E-state index contributed by atoms with van der Waals surface area (Å²) < 4.78 is 86.9. The number of rotatable bonds is 3. The zero-order valence-corrected chi connectivity index (χ0v) is 17.0. The van der Waals surface area contributed by atoms with Crippen LogP contribution in [0.1, 0.15) is 26.3 Å². The second-order valence-corrected chi connectivity index (χ2v) is 7.51. The van der Waals surface area contributed by atoms with Gasteiger partial charge in [-0.15, -0.1) is 0 Å². The predicted octanol–water partition coefficient (Wildman–Crippen LogP) is 6.48. The smallest absolute Gasteiger partial charge is 0.416 e. The van der Waals surface area contributed by atoms with Gasteiger partial charge in [-0.2, -0.15) is 13.2 Å². The lowest BCUT2D eigenvalue weighted by molar-refractivity contribution is -0.138. The van der Waals surface area contributed by atoms with Crippen LogP contribution in [0.5, 0.6) is 11.5 Å². The maximum absolute atomic E-state index is 14.9. The molecular weight excluding hydrogens is 508 g/mol. The lowest BCUT2D eigenvalue weighted by Gasteiger charge is -2.20. The average molecular weight is 516 g/mol. The zero-order valence-electron chi connectivity index (χ0n) is 15.4. The van der Waals surface area contributed by atoms with Crippen LogP contribution in [-0.4, -0.2) is 11.8 Å². The Balaban J connectivity index is 1.83. The highest BCUT2D eigenvalue weighted by Crippen LogP contribution is 2.43. The van der Waals surface area contributed by atoms with Crippen LogP contribution in [0.25, 0.3) is 0 Å². The Morgan fingerprint density at radius 1 is 0.812 bits per heavy atom. The molecule has 0 radical (unpaired) electrons. The first-order valence-electron chi connectivity index (χ1n) is 8.70. The van der Waals surface area contributed by atoms with Gasteiger partial charge in [-0.1, -0.05) is 28.1 Å². The van der Waals surface area contributed by atoms with E-state index in [1.54, 1.807) is 0 Å². The minimum Gasteiger partial charge on any atom is -0.449 e. The van der Waals surface area contributed by atoms with E-state index in [-0.39, 0.29) is 27.7 Å². The topological polar surface area (TPSA) is 46.6 Å². The highest BCUT2D eigenvalue weighted by atomic mass is 79.9. The van der Waals surface area contributed by atoms with Crippen molar-refractivity contribution in [1.82, 2.24) is 0 Å². The number of imide groups is 1. The molecule has 0 spiro atoms. The first-order chi connectivity index (χ1) is 15.0. The van der Waals surface area contributed by atoms with Gasteiger partial charge in [0.15, 0.2) is 29.0 Å². The van der Waals surface area contributed by atoms with Crippen molar-refractivity contribution in [1.29, 1.82) is 0 Å². The molecule has 32 heavy (non-hydrogen) atoms. The maximum atomic E-state index is 14.9. The normalized spacial score (nSPS) is 13.5. The van der Waals surface area contributed by atoms with Crippen LogP contribution >= 0.6 is 15.9 Å². The van der Waals surface area contributed by atoms with Gasteiger partial charge in [0.1, 0.15) is 5.69 Å². The summed E-state index contributed by atoms with van der Waals surface area (Å²) in [6.45, 7) is 0. The van der Waals surface area contributed by atoms with Gasteiger partial charge in [-0.05, 0) is 36.4 Å². The lowest BCUT2D eigenvalue weighted by Crippen LogP contribution is -2.30. The van der Waals surface area contributed by atoms with Crippen LogP contribution in [0, 0.1) is 17.5 Å². The van der Waals surface area contributed by atoms with E-state index in [9.17, 15) is 35.9 Å². The van der Waals surface area contributed by atoms with Crippen LogP contribution in [0.4, 0.5) is 32.0 Å². The van der Waals surface area contributed by atoms with Crippen molar-refractivity contribution in [3.63, 3.8) is 0 Å². The summed E-state index contributed by atoms with van der Waals surface area (Å²) in [5.74, 6) is -8.36. The fourth-order valence-electron chi connectivity index (χ4n) is 3.16. The number of anilines is 1. The quantitative estimate of drug-likeness (QED) is 0.296. The van der Waals surface area contributed by atoms with E-state index < -0.39 is 58.2 Å². The number of amides is 2. The Morgan fingerprint density at radius 3 is 1.84 bits per heavy atom. The molecule has 164 valence electrons. The van der Waals surface area contributed by atoms with E-state index in [4.69, 9.17) is 4.74 Å². The highest BCUT2D eigenvalue weighted by Gasteiger charge is 2.40. The van der Waals surface area contributed by atoms with Gasteiger partial charge in [0.05, 0.1) is 16.7 Å². The highest BCUT2D eigenvalue weighted by molar-refractivity contribution is 9.10. The summed E-state index contributed by atoms with van der Waals surface area (Å²) in [4.78, 5) is 25.9. The summed E-state index contributed by atoms with van der Waals surface area (Å²) in [5.41, 5.74) is -2.41. The second-order valence-electron chi connectivity index (χ2n) is 6.59. The van der Waals surface area contributed by atoms with E-state index in [1.807, 2.05) is 0 Å². The van der Waals surface area contributed by atoms with Crippen molar-refractivity contribution in [2.45, 2.75) is 6.18 Å². The van der Waals surface area contributed by atoms with Crippen molar-refractivity contribution >= 4 is 33.4 Å². The molecule has 3 aromatic carbocycles. The molecule has 4 nitrogen and oxygen atoms in total. The van der Waals surface area contributed by atoms with Gasteiger partial charge in [-0.3, -0.25) is 9.59 Å². The van der Waals surface area contributed by atoms with Gasteiger partial charge in [0.2, 0.25) is 0 Å². The van der Waals surface area contributed by atoms with Crippen LogP contribution < -0.4 is 9.64 Å². The SMILES string of the molecule is O=C1c2ccccc2C(=O)N1c1c(F)cc(Br)cc1Oc1c(F)cc(C(F)(F)F)cc1F. The number of nitrogens with zero attached hydrogens (tertiary/aromatic N) is 1. The summed E-state index contributed by atoms with van der Waals surface area (Å²) in [6.07, 6.45) is -5.02. The van der Waals surface area contributed by atoms with Crippen LogP contribution in [0.3, 0.4) is 0 Å². The fourth-order valence-corrected chi connectivity index (χ4v) is 3.57. The number of benzene rings is 3. The number of carbonyl (C=O) groups excluding carboxylic acids is 2. The van der Waals surface area contributed by atoms with Gasteiger partial charge >= 0.3 is 6.18 Å². The fraction of sp³-hybridized carbons (Fsp3) is 0.0476. The van der Waals surface area contributed by atoms with Crippen LogP contribution in [0.15, 0.2) is 53.0 Å². The van der Waals surface area contributed by atoms with Crippen LogP contribution in [-0.2, 0) is 6.18 Å². The van der Waals surface area contributed by atoms with Crippen molar-refractivity contribution in [2.75, 3.05) is 4.90 Å². The molecule has 0 saturated carbocycles. The molecule has 11 heteroatoms. The summed E-state index contributed by atoms with van der Waals surface area (Å²) in [5, 5.41) is 0. The largest absolute Gasteiger partial charge is 0.449 e. The number of alkyl halides is 3. The molecule has 0 aliphatic carbocycles. The molecule has 4 rings (SSSR count). The number of fused-ring (bicyclic) bond motifs is 1. The first kappa shape index (κ1) is 21.9. The molecule has 0 fully saturated rings. The van der Waals surface area contributed by atoms with E-state index in [0.717, 1.165) is 12.1 Å². The van der Waals surface area contributed by atoms with Gasteiger partial charge < -0.3 is 4.74 Å². The molecule has 2 amide bonds. The average Bonchev–Trinajstić information content (AvgIpc) is 2.95. The molecule has 0 N–H and O–H groups in total. The van der Waals surface area contributed by atoms with E-state index in [0.29, 0.717) is 4.90 Å². The third kappa shape index (κ3) is 3.62. The van der Waals surface area contributed by atoms with Gasteiger partial charge in [0.25, 0.3) is 11.8 Å². The van der Waals surface area contributed by atoms with Crippen LogP contribution in [0.2, 0.25) is 0 Å². The van der Waals surface area contributed by atoms with E-state index >= 15 is 0 Å². The third-order valence-electron chi connectivity index (χ3n) is 4.55. The lowest BCUT2D eigenvalue weighted by atomic mass is 10.1. The number of halogens is 7. The predicted molar refractivity (Wildman–Crippen MR) is 103 cm³/mol. The summed E-state index contributed by atoms with van der Waals surface area (Å²) in [6, 6.07) is 7.54. The van der Waals surface area contributed by atoms with Crippen molar-refractivity contribution in [3.05, 3.63) is 87.1 Å². The Morgan fingerprint density at radius 2 is 1.34 bits per heavy atom. The minimum absolute atomic E-state index is 0.00837. The van der Waals surface area contributed by atoms with E-state index in [2.05, 4.69) is 15.9 Å². The van der Waals surface area contributed by atoms with Gasteiger partial charge in [0, 0.05) is 4.47 Å². The Labute approximate surface area is 184 Å². The van der Waals surface area contributed by atoms with Crippen molar-refractivity contribution < 1.29 is 40.7 Å². The number of hydrogen-bond donors (Lipinski definition) is 0. The molecule has 0 atom stereocenters. The molecule has 3 aromatic rings. The van der Waals surface area contributed by atoms with Crippen molar-refractivity contribution in [3.8, 4) is 11.5 Å². The Hall–Kier alpha value is -3.34. The summed E-state index contributed by atoms with van der Waals surface area (Å²) in [7, 11) is 0. The Kier molecular flexibility index (Phi) is 5.24. The molecule has 0 bridgehead atoms. The first-order valence-corrected chi connectivity index (χ1v) is 9.49. The molecule has 0 saturated heterocycles. The van der Waals surface area contributed by atoms with E-state index in [1.165, 1.54) is 24.3 Å². The third-order valence-corrected chi connectivity index (χ3v) is 5.01. The molecule has 0 unspecified atom stereocenters. The summed E-state index contributed by atoms with van der Waals surface area (Å²) >= 11 is 2.96. The number of carbonyl (C=O) groups is 2. The molecule has 1 aliphatic rings. The number of hydrogen-bond acceptors (Lipinski definition) is 3. The molecule has 1 heterocycles. The molecule has 0 aromatic heterocycles.